The molecule has 1 saturated heterocycles. The molecule has 1 fully saturated rings. The van der Waals surface area contributed by atoms with Crippen LogP contribution in [0.5, 0.6) is 0 Å². The third kappa shape index (κ3) is 5.90. The number of carbonyl (C=O) groups excluding carboxylic acids is 2. The lowest BCUT2D eigenvalue weighted by molar-refractivity contribution is -0.129. The quantitative estimate of drug-likeness (QED) is 0.500. The monoisotopic (exact) mass is 323 g/mol. The Morgan fingerprint density at radius 3 is 2.74 bits per heavy atom. The van der Waals surface area contributed by atoms with Gasteiger partial charge in [-0.25, -0.2) is 10.3 Å². The number of likely N-dealkylation sites (tertiary alicyclic amines) is 1. The maximum absolute atomic E-state index is 12.1. The normalized spacial score (nSPS) is 18.1. The Kier molecular flexibility index (Phi) is 6.86. The summed E-state index contributed by atoms with van der Waals surface area (Å²) in [5.74, 6) is 0.211. The van der Waals surface area contributed by atoms with Crippen LogP contribution in [-0.4, -0.2) is 59.6 Å². The minimum Gasteiger partial charge on any atom is -0.341 e. The van der Waals surface area contributed by atoms with Gasteiger partial charge in [-0.15, -0.1) is 0 Å². The summed E-state index contributed by atoms with van der Waals surface area (Å²) in [4.78, 5) is 31.0. The molecule has 0 spiro atoms. The Hall–Kier alpha value is -2.09. The molecule has 128 valence electrons. The molecule has 2 aliphatic rings. The smallest absolute Gasteiger partial charge is 0.318 e. The van der Waals surface area contributed by atoms with Crippen molar-refractivity contribution in [3.63, 3.8) is 0 Å². The number of nitrogens with one attached hydrogen (secondary N) is 2. The van der Waals surface area contributed by atoms with Gasteiger partial charge in [-0.3, -0.25) is 15.0 Å². The third-order valence-electron chi connectivity index (χ3n) is 4.23. The first-order valence-electron chi connectivity index (χ1n) is 8.05. The zero-order valence-corrected chi connectivity index (χ0v) is 13.3. The number of hydrogen-bond acceptors (Lipinski definition) is 5. The van der Waals surface area contributed by atoms with Crippen molar-refractivity contribution in [2.24, 2.45) is 10.9 Å². The Morgan fingerprint density at radius 1 is 1.30 bits per heavy atom. The number of aliphatic imine (C=N–C) groups is 1. The van der Waals surface area contributed by atoms with Gasteiger partial charge in [-0.05, 0) is 37.7 Å². The van der Waals surface area contributed by atoms with Gasteiger partial charge in [0.25, 0.3) is 0 Å². The number of allylic oxidation sites excluding steroid dienone is 1. The summed E-state index contributed by atoms with van der Waals surface area (Å²) >= 11 is 0. The molecule has 0 aromatic heterocycles. The SMILES string of the molecule is O=C(CCCC1CCN(C(=O)NCN2C=CC=NC2)CC1)NO. The van der Waals surface area contributed by atoms with Gasteiger partial charge in [0.15, 0.2) is 0 Å². The van der Waals surface area contributed by atoms with Crippen LogP contribution in [0.4, 0.5) is 4.79 Å². The molecule has 0 saturated carbocycles. The molecule has 3 N–H and O–H groups in total. The number of amides is 3. The Morgan fingerprint density at radius 2 is 2.09 bits per heavy atom. The summed E-state index contributed by atoms with van der Waals surface area (Å²) in [6, 6.07) is -0.0361. The molecule has 3 amide bonds. The Labute approximate surface area is 136 Å². The van der Waals surface area contributed by atoms with Crippen molar-refractivity contribution in [2.75, 3.05) is 26.4 Å². The van der Waals surface area contributed by atoms with E-state index in [1.54, 1.807) is 11.7 Å². The van der Waals surface area contributed by atoms with E-state index in [0.717, 1.165) is 38.8 Å². The average molecular weight is 323 g/mol. The summed E-state index contributed by atoms with van der Waals surface area (Å²) in [5, 5.41) is 11.4. The van der Waals surface area contributed by atoms with Crippen molar-refractivity contribution in [1.82, 2.24) is 20.6 Å². The number of hydrogen-bond donors (Lipinski definition) is 3. The molecule has 2 rings (SSSR count). The molecule has 8 nitrogen and oxygen atoms in total. The van der Waals surface area contributed by atoms with Crippen LogP contribution in [0.2, 0.25) is 0 Å². The van der Waals surface area contributed by atoms with Crippen LogP contribution >= 0.6 is 0 Å². The first-order chi connectivity index (χ1) is 11.2. The van der Waals surface area contributed by atoms with Crippen LogP contribution < -0.4 is 10.8 Å². The predicted molar refractivity (Wildman–Crippen MR) is 85.8 cm³/mol. The van der Waals surface area contributed by atoms with Gasteiger partial charge in [-0.1, -0.05) is 0 Å². The second kappa shape index (κ2) is 9.14. The lowest BCUT2D eigenvalue weighted by atomic mass is 9.91. The Bertz CT molecular complexity index is 458. The summed E-state index contributed by atoms with van der Waals surface area (Å²) < 4.78 is 0. The highest BCUT2D eigenvalue weighted by molar-refractivity contribution is 5.75. The van der Waals surface area contributed by atoms with Gasteiger partial charge in [0.05, 0.1) is 6.67 Å². The van der Waals surface area contributed by atoms with Crippen molar-refractivity contribution in [2.45, 2.75) is 32.1 Å². The van der Waals surface area contributed by atoms with Crippen molar-refractivity contribution in [1.29, 1.82) is 0 Å². The topological polar surface area (TPSA) is 97.3 Å². The van der Waals surface area contributed by atoms with E-state index < -0.39 is 0 Å². The second-order valence-corrected chi connectivity index (χ2v) is 5.90. The van der Waals surface area contributed by atoms with E-state index in [0.29, 0.717) is 25.7 Å². The van der Waals surface area contributed by atoms with Crippen molar-refractivity contribution < 1.29 is 14.8 Å². The van der Waals surface area contributed by atoms with Crippen molar-refractivity contribution in [3.05, 3.63) is 12.3 Å². The highest BCUT2D eigenvalue weighted by atomic mass is 16.5. The molecule has 8 heteroatoms. The summed E-state index contributed by atoms with van der Waals surface area (Å²) in [6.45, 7) is 2.52. The fourth-order valence-electron chi connectivity index (χ4n) is 2.84. The second-order valence-electron chi connectivity index (χ2n) is 5.90. The highest BCUT2D eigenvalue weighted by Gasteiger charge is 2.22. The van der Waals surface area contributed by atoms with E-state index in [9.17, 15) is 9.59 Å². The largest absolute Gasteiger partial charge is 0.341 e. The van der Waals surface area contributed by atoms with E-state index >= 15 is 0 Å². The molecular weight excluding hydrogens is 298 g/mol. The molecule has 0 radical (unpaired) electrons. The van der Waals surface area contributed by atoms with Crippen LogP contribution in [0.1, 0.15) is 32.1 Å². The van der Waals surface area contributed by atoms with Gasteiger partial charge >= 0.3 is 6.03 Å². The maximum atomic E-state index is 12.1. The minimum atomic E-state index is -0.335. The molecule has 0 unspecified atom stereocenters. The zero-order chi connectivity index (χ0) is 16.5. The lowest BCUT2D eigenvalue weighted by Gasteiger charge is -2.32. The molecule has 23 heavy (non-hydrogen) atoms. The first kappa shape index (κ1) is 17.3. The number of urea groups is 1. The molecule has 2 aliphatic heterocycles. The van der Waals surface area contributed by atoms with E-state index in [4.69, 9.17) is 5.21 Å². The standard InChI is InChI=1S/C15H25N5O3/c21-14(18-23)4-1-3-13-5-9-20(10-6-13)15(22)17-12-19-8-2-7-16-11-19/h2,7-8,13,23H,1,3-6,9-12H2,(H,17,22)(H,18,21). The number of piperidine rings is 1. The fraction of sp³-hybridized carbons (Fsp3) is 0.667. The molecule has 0 aromatic carbocycles. The van der Waals surface area contributed by atoms with Gasteiger partial charge in [0.2, 0.25) is 5.91 Å². The minimum absolute atomic E-state index is 0.0361. The number of hydroxylamine groups is 1. The Balaban J connectivity index is 1.59. The number of nitrogens with zero attached hydrogens (tertiary/aromatic N) is 3. The van der Waals surface area contributed by atoms with Gasteiger partial charge < -0.3 is 15.1 Å². The molecule has 0 bridgehead atoms. The van der Waals surface area contributed by atoms with E-state index in [1.165, 1.54) is 0 Å². The van der Waals surface area contributed by atoms with Crippen LogP contribution in [0.3, 0.4) is 0 Å². The lowest BCUT2D eigenvalue weighted by Crippen LogP contribution is -2.47. The molecule has 0 aliphatic carbocycles. The zero-order valence-electron chi connectivity index (χ0n) is 13.3. The predicted octanol–water partition coefficient (Wildman–Crippen LogP) is 0.899. The van der Waals surface area contributed by atoms with E-state index in [-0.39, 0.29) is 11.9 Å². The van der Waals surface area contributed by atoms with Crippen LogP contribution in [0.15, 0.2) is 17.3 Å². The van der Waals surface area contributed by atoms with E-state index in [2.05, 4.69) is 10.3 Å². The molecule has 0 aromatic rings. The van der Waals surface area contributed by atoms with E-state index in [1.807, 2.05) is 22.1 Å². The fourth-order valence-corrected chi connectivity index (χ4v) is 2.84. The highest BCUT2D eigenvalue weighted by Crippen LogP contribution is 2.22. The van der Waals surface area contributed by atoms with Gasteiger partial charge in [0, 0.05) is 31.9 Å². The molecule has 2 heterocycles. The summed E-state index contributed by atoms with van der Waals surface area (Å²) in [6.07, 6.45) is 9.49. The average Bonchev–Trinajstić information content (AvgIpc) is 2.61. The van der Waals surface area contributed by atoms with Crippen LogP contribution in [0.25, 0.3) is 0 Å². The maximum Gasteiger partial charge on any atom is 0.318 e. The number of rotatable bonds is 6. The van der Waals surface area contributed by atoms with Crippen molar-refractivity contribution >= 4 is 18.2 Å². The van der Waals surface area contributed by atoms with Crippen LogP contribution in [0, 0.1) is 5.92 Å². The summed E-state index contributed by atoms with van der Waals surface area (Å²) in [7, 11) is 0. The van der Waals surface area contributed by atoms with Gasteiger partial charge in [0.1, 0.15) is 6.67 Å². The first-order valence-corrected chi connectivity index (χ1v) is 8.05. The van der Waals surface area contributed by atoms with Crippen molar-refractivity contribution in [3.8, 4) is 0 Å². The van der Waals surface area contributed by atoms with Crippen LogP contribution in [-0.2, 0) is 4.79 Å². The third-order valence-corrected chi connectivity index (χ3v) is 4.23. The van der Waals surface area contributed by atoms with Gasteiger partial charge in [-0.2, -0.15) is 0 Å². The number of carbonyl (C=O) groups is 2. The summed E-state index contributed by atoms with van der Waals surface area (Å²) in [5.41, 5.74) is 1.65. The molecular formula is C15H25N5O3. The molecule has 0 atom stereocenters.